The van der Waals surface area contributed by atoms with Crippen LogP contribution in [0, 0.1) is 5.41 Å². The van der Waals surface area contributed by atoms with E-state index in [0.717, 1.165) is 10.0 Å². The third kappa shape index (κ3) is 5.55. The van der Waals surface area contributed by atoms with E-state index in [0.29, 0.717) is 6.54 Å². The van der Waals surface area contributed by atoms with Gasteiger partial charge in [-0.05, 0) is 17.7 Å². The van der Waals surface area contributed by atoms with Gasteiger partial charge >= 0.3 is 0 Å². The van der Waals surface area contributed by atoms with Gasteiger partial charge in [-0.15, -0.1) is 12.4 Å². The Kier molecular flexibility index (Phi) is 6.60. The standard InChI is InChI=1S/C10H14BrN5.ClH/c1-16(10(14)15-9(12)13)6-7-3-2-4-8(11)5-7;/h2-5H,6H2,1H3,(H5,12,13,14,15);1H. The molecule has 0 bridgehead atoms. The second-order valence-electron chi connectivity index (χ2n) is 3.35. The van der Waals surface area contributed by atoms with E-state index in [-0.39, 0.29) is 24.3 Å². The Labute approximate surface area is 115 Å². The Morgan fingerprint density at radius 2 is 2.12 bits per heavy atom. The van der Waals surface area contributed by atoms with Crippen LogP contribution in [0.5, 0.6) is 0 Å². The number of nitrogens with two attached hydrogens (primary N) is 2. The lowest BCUT2D eigenvalue weighted by Crippen LogP contribution is -2.30. The zero-order valence-electron chi connectivity index (χ0n) is 9.35. The molecule has 0 aliphatic heterocycles. The van der Waals surface area contributed by atoms with Crippen molar-refractivity contribution in [1.82, 2.24) is 4.90 Å². The number of aliphatic imine (C=N–C) groups is 1. The van der Waals surface area contributed by atoms with E-state index < -0.39 is 0 Å². The minimum Gasteiger partial charge on any atom is -0.370 e. The highest BCUT2D eigenvalue weighted by molar-refractivity contribution is 9.10. The van der Waals surface area contributed by atoms with Gasteiger partial charge in [0.2, 0.25) is 5.96 Å². The molecular formula is C10H15BrClN5. The molecule has 0 aliphatic carbocycles. The molecule has 17 heavy (non-hydrogen) atoms. The quantitative estimate of drug-likeness (QED) is 0.570. The molecule has 94 valence electrons. The van der Waals surface area contributed by atoms with Crippen LogP contribution in [-0.4, -0.2) is 23.9 Å². The van der Waals surface area contributed by atoms with Crippen molar-refractivity contribution in [3.63, 3.8) is 0 Å². The molecule has 7 heteroatoms. The molecule has 0 heterocycles. The van der Waals surface area contributed by atoms with E-state index in [1.54, 1.807) is 11.9 Å². The highest BCUT2D eigenvalue weighted by Crippen LogP contribution is 2.12. The summed E-state index contributed by atoms with van der Waals surface area (Å²) in [5.41, 5.74) is 11.5. The Balaban J connectivity index is 0.00000256. The SMILES string of the molecule is CN(Cc1cccc(Br)c1)C(=N)N=C(N)N.Cl. The summed E-state index contributed by atoms with van der Waals surface area (Å²) in [6.07, 6.45) is 0. The number of nitrogens with zero attached hydrogens (tertiary/aromatic N) is 2. The van der Waals surface area contributed by atoms with Crippen molar-refractivity contribution < 1.29 is 0 Å². The number of hydrogen-bond donors (Lipinski definition) is 3. The molecule has 0 saturated heterocycles. The number of hydrogen-bond acceptors (Lipinski definition) is 1. The highest BCUT2D eigenvalue weighted by Gasteiger charge is 2.04. The molecule has 5 N–H and O–H groups in total. The van der Waals surface area contributed by atoms with Crippen molar-refractivity contribution in [3.05, 3.63) is 34.3 Å². The van der Waals surface area contributed by atoms with Crippen LogP contribution in [0.15, 0.2) is 33.7 Å². The molecule has 1 rings (SSSR count). The van der Waals surface area contributed by atoms with Crippen LogP contribution in [0.4, 0.5) is 0 Å². The zero-order chi connectivity index (χ0) is 12.1. The molecule has 5 nitrogen and oxygen atoms in total. The predicted octanol–water partition coefficient (Wildman–Crippen LogP) is 1.51. The van der Waals surface area contributed by atoms with E-state index in [1.807, 2.05) is 24.3 Å². The summed E-state index contributed by atoms with van der Waals surface area (Å²) in [7, 11) is 1.76. The summed E-state index contributed by atoms with van der Waals surface area (Å²) in [6.45, 7) is 0.578. The van der Waals surface area contributed by atoms with E-state index >= 15 is 0 Å². The van der Waals surface area contributed by atoms with Crippen molar-refractivity contribution in [2.45, 2.75) is 6.54 Å². The van der Waals surface area contributed by atoms with E-state index in [1.165, 1.54) is 0 Å². The fraction of sp³-hybridized carbons (Fsp3) is 0.200. The lowest BCUT2D eigenvalue weighted by molar-refractivity contribution is 0.491. The van der Waals surface area contributed by atoms with Crippen LogP contribution in [0.3, 0.4) is 0 Å². The third-order valence-electron chi connectivity index (χ3n) is 1.91. The number of rotatable bonds is 2. The molecule has 0 aliphatic rings. The molecule has 0 aromatic heterocycles. The summed E-state index contributed by atoms with van der Waals surface area (Å²) in [6, 6.07) is 7.85. The van der Waals surface area contributed by atoms with Gasteiger partial charge in [0.05, 0.1) is 0 Å². The van der Waals surface area contributed by atoms with Crippen LogP contribution in [0.2, 0.25) is 0 Å². The van der Waals surface area contributed by atoms with Crippen molar-refractivity contribution >= 4 is 40.3 Å². The Hall–Kier alpha value is -1.27. The lowest BCUT2D eigenvalue weighted by Gasteiger charge is -2.16. The van der Waals surface area contributed by atoms with Crippen LogP contribution in [0.1, 0.15) is 5.56 Å². The second-order valence-corrected chi connectivity index (χ2v) is 4.26. The molecule has 0 amide bonds. The first-order valence-corrected chi connectivity index (χ1v) is 5.42. The smallest absolute Gasteiger partial charge is 0.221 e. The molecule has 0 radical (unpaired) electrons. The predicted molar refractivity (Wildman–Crippen MR) is 76.4 cm³/mol. The van der Waals surface area contributed by atoms with Gasteiger partial charge in [-0.25, -0.2) is 0 Å². The third-order valence-corrected chi connectivity index (χ3v) is 2.40. The molecule has 1 aromatic rings. The first kappa shape index (κ1) is 15.7. The fourth-order valence-electron chi connectivity index (χ4n) is 1.19. The van der Waals surface area contributed by atoms with Crippen LogP contribution in [-0.2, 0) is 6.54 Å². The number of guanidine groups is 2. The van der Waals surface area contributed by atoms with Crippen LogP contribution in [0.25, 0.3) is 0 Å². The summed E-state index contributed by atoms with van der Waals surface area (Å²) in [4.78, 5) is 5.32. The Morgan fingerprint density at radius 3 is 2.65 bits per heavy atom. The van der Waals surface area contributed by atoms with Crippen molar-refractivity contribution in [2.75, 3.05) is 7.05 Å². The second kappa shape index (κ2) is 7.13. The molecular weight excluding hydrogens is 306 g/mol. The normalized spacial score (nSPS) is 9.06. The van der Waals surface area contributed by atoms with Gasteiger partial charge < -0.3 is 16.4 Å². The summed E-state index contributed by atoms with van der Waals surface area (Å²) in [5, 5.41) is 7.59. The summed E-state index contributed by atoms with van der Waals surface area (Å²) < 4.78 is 1.01. The number of benzene rings is 1. The monoisotopic (exact) mass is 319 g/mol. The maximum absolute atomic E-state index is 7.59. The average molecular weight is 321 g/mol. The van der Waals surface area contributed by atoms with E-state index in [2.05, 4.69) is 20.9 Å². The largest absolute Gasteiger partial charge is 0.370 e. The van der Waals surface area contributed by atoms with E-state index in [9.17, 15) is 0 Å². The average Bonchev–Trinajstić information content (AvgIpc) is 2.16. The summed E-state index contributed by atoms with van der Waals surface area (Å²) >= 11 is 3.39. The van der Waals surface area contributed by atoms with Crippen LogP contribution >= 0.6 is 28.3 Å². The zero-order valence-corrected chi connectivity index (χ0v) is 11.8. The molecule has 0 spiro atoms. The Bertz CT molecular complexity index is 417. The molecule has 1 aromatic carbocycles. The molecule has 0 fully saturated rings. The van der Waals surface area contributed by atoms with Gasteiger partial charge in [0, 0.05) is 18.1 Å². The maximum Gasteiger partial charge on any atom is 0.221 e. The van der Waals surface area contributed by atoms with Gasteiger partial charge in [-0.1, -0.05) is 28.1 Å². The molecule has 0 unspecified atom stereocenters. The first-order valence-electron chi connectivity index (χ1n) is 4.63. The van der Waals surface area contributed by atoms with Gasteiger partial charge in [0.1, 0.15) is 0 Å². The van der Waals surface area contributed by atoms with Crippen molar-refractivity contribution in [2.24, 2.45) is 16.5 Å². The van der Waals surface area contributed by atoms with Gasteiger partial charge in [-0.3, -0.25) is 5.41 Å². The fourth-order valence-corrected chi connectivity index (χ4v) is 1.64. The topological polar surface area (TPSA) is 91.5 Å². The maximum atomic E-state index is 7.59. The van der Waals surface area contributed by atoms with Gasteiger partial charge in [0.25, 0.3) is 0 Å². The van der Waals surface area contributed by atoms with E-state index in [4.69, 9.17) is 16.9 Å². The summed E-state index contributed by atoms with van der Waals surface area (Å²) in [5.74, 6) is -0.0638. The van der Waals surface area contributed by atoms with Gasteiger partial charge in [0.15, 0.2) is 5.96 Å². The number of nitrogens with one attached hydrogen (secondary N) is 1. The van der Waals surface area contributed by atoms with Gasteiger partial charge in [-0.2, -0.15) is 4.99 Å². The first-order chi connectivity index (χ1) is 7.49. The van der Waals surface area contributed by atoms with Crippen molar-refractivity contribution in [3.8, 4) is 0 Å². The molecule has 0 atom stereocenters. The minimum absolute atomic E-state index is 0. The minimum atomic E-state index is -0.105. The lowest BCUT2D eigenvalue weighted by atomic mass is 10.2. The highest BCUT2D eigenvalue weighted by atomic mass is 79.9. The van der Waals surface area contributed by atoms with Crippen LogP contribution < -0.4 is 11.5 Å². The number of halogens is 2. The Morgan fingerprint density at radius 1 is 1.47 bits per heavy atom. The van der Waals surface area contributed by atoms with Crippen molar-refractivity contribution in [1.29, 1.82) is 5.41 Å². The molecule has 0 saturated carbocycles.